The van der Waals surface area contributed by atoms with E-state index in [1.54, 1.807) is 4.90 Å². The van der Waals surface area contributed by atoms with Crippen LogP contribution in [0.25, 0.3) is 0 Å². The van der Waals surface area contributed by atoms with Crippen LogP contribution in [0.15, 0.2) is 12.1 Å². The Labute approximate surface area is 121 Å². The van der Waals surface area contributed by atoms with E-state index < -0.39 is 27.3 Å². The fourth-order valence-electron chi connectivity index (χ4n) is 2.49. The van der Waals surface area contributed by atoms with E-state index >= 15 is 0 Å². The van der Waals surface area contributed by atoms with Gasteiger partial charge in [-0.15, -0.1) is 0 Å². The standard InChI is InChI=1S/C13H16F3NO3S/c14-11-6-13(16)12(15)5-9(11)7-17(2-3-18)10-1-4-21(19,20)8-10/h5-6,10,18H,1-4,7-8H2. The largest absolute Gasteiger partial charge is 0.395 e. The minimum atomic E-state index is -3.13. The first kappa shape index (κ1) is 16.3. The number of aliphatic hydroxyl groups excluding tert-OH is 1. The lowest BCUT2D eigenvalue weighted by atomic mass is 10.1. The maximum Gasteiger partial charge on any atom is 0.161 e. The first-order valence-electron chi connectivity index (χ1n) is 6.51. The zero-order valence-electron chi connectivity index (χ0n) is 11.2. The lowest BCUT2D eigenvalue weighted by Gasteiger charge is -2.27. The van der Waals surface area contributed by atoms with E-state index in [2.05, 4.69) is 0 Å². The van der Waals surface area contributed by atoms with Gasteiger partial charge in [0.2, 0.25) is 0 Å². The highest BCUT2D eigenvalue weighted by atomic mass is 32.2. The van der Waals surface area contributed by atoms with E-state index in [4.69, 9.17) is 5.11 Å². The van der Waals surface area contributed by atoms with Crippen molar-refractivity contribution in [1.29, 1.82) is 0 Å². The van der Waals surface area contributed by atoms with Crippen molar-refractivity contribution < 1.29 is 26.7 Å². The maximum atomic E-state index is 13.7. The molecule has 0 saturated carbocycles. The molecule has 1 unspecified atom stereocenters. The fourth-order valence-corrected chi connectivity index (χ4v) is 4.25. The van der Waals surface area contributed by atoms with Crippen molar-refractivity contribution >= 4 is 9.84 Å². The number of aliphatic hydroxyl groups is 1. The second kappa shape index (κ2) is 6.33. The van der Waals surface area contributed by atoms with Gasteiger partial charge in [0.25, 0.3) is 0 Å². The van der Waals surface area contributed by atoms with Crippen LogP contribution >= 0.6 is 0 Å². The number of halogens is 3. The van der Waals surface area contributed by atoms with E-state index in [0.717, 1.165) is 6.07 Å². The number of benzene rings is 1. The van der Waals surface area contributed by atoms with Crippen LogP contribution < -0.4 is 0 Å². The zero-order chi connectivity index (χ0) is 15.6. The summed E-state index contributed by atoms with van der Waals surface area (Å²) in [5.74, 6) is -3.35. The summed E-state index contributed by atoms with van der Waals surface area (Å²) in [4.78, 5) is 1.58. The molecule has 1 aliphatic rings. The van der Waals surface area contributed by atoms with Gasteiger partial charge in [0.1, 0.15) is 5.82 Å². The predicted molar refractivity (Wildman–Crippen MR) is 70.9 cm³/mol. The van der Waals surface area contributed by atoms with Crippen LogP contribution in [-0.2, 0) is 16.4 Å². The molecule has 118 valence electrons. The van der Waals surface area contributed by atoms with Gasteiger partial charge in [-0.3, -0.25) is 4.90 Å². The highest BCUT2D eigenvalue weighted by Gasteiger charge is 2.32. The molecule has 0 aliphatic carbocycles. The molecule has 1 saturated heterocycles. The van der Waals surface area contributed by atoms with Crippen LogP contribution in [0.4, 0.5) is 13.2 Å². The Morgan fingerprint density at radius 3 is 2.43 bits per heavy atom. The quantitative estimate of drug-likeness (QED) is 0.824. The molecule has 1 aromatic rings. The van der Waals surface area contributed by atoms with Crippen molar-refractivity contribution in [2.75, 3.05) is 24.7 Å². The Balaban J connectivity index is 2.19. The Hall–Kier alpha value is -1.12. The van der Waals surface area contributed by atoms with Crippen LogP contribution in [0.3, 0.4) is 0 Å². The van der Waals surface area contributed by atoms with Gasteiger partial charge >= 0.3 is 0 Å². The van der Waals surface area contributed by atoms with Gasteiger partial charge in [-0.25, -0.2) is 21.6 Å². The van der Waals surface area contributed by atoms with Crippen LogP contribution in [0.1, 0.15) is 12.0 Å². The Morgan fingerprint density at radius 2 is 1.86 bits per heavy atom. The molecule has 1 fully saturated rings. The van der Waals surface area contributed by atoms with E-state index in [1.165, 1.54) is 0 Å². The van der Waals surface area contributed by atoms with Crippen molar-refractivity contribution in [3.63, 3.8) is 0 Å². The summed E-state index contributed by atoms with van der Waals surface area (Å²) >= 11 is 0. The van der Waals surface area contributed by atoms with Gasteiger partial charge in [0.15, 0.2) is 21.5 Å². The normalized spacial score (nSPS) is 21.1. The molecule has 1 N–H and O–H groups in total. The second-order valence-electron chi connectivity index (χ2n) is 5.11. The average molecular weight is 323 g/mol. The summed E-state index contributed by atoms with van der Waals surface area (Å²) in [7, 11) is -3.13. The highest BCUT2D eigenvalue weighted by molar-refractivity contribution is 7.91. The number of sulfone groups is 1. The monoisotopic (exact) mass is 323 g/mol. The number of hydrogen-bond acceptors (Lipinski definition) is 4. The molecule has 8 heteroatoms. The second-order valence-corrected chi connectivity index (χ2v) is 7.34. The Bertz CT molecular complexity index is 621. The van der Waals surface area contributed by atoms with Crippen molar-refractivity contribution in [2.45, 2.75) is 19.0 Å². The van der Waals surface area contributed by atoms with E-state index in [9.17, 15) is 21.6 Å². The number of rotatable bonds is 5. The molecule has 1 heterocycles. The Kier molecular flexibility index (Phi) is 4.90. The van der Waals surface area contributed by atoms with Gasteiger partial charge in [-0.1, -0.05) is 0 Å². The van der Waals surface area contributed by atoms with Crippen molar-refractivity contribution in [3.8, 4) is 0 Å². The molecule has 21 heavy (non-hydrogen) atoms. The van der Waals surface area contributed by atoms with E-state index in [0.29, 0.717) is 12.5 Å². The maximum absolute atomic E-state index is 13.7. The lowest BCUT2D eigenvalue weighted by Crippen LogP contribution is -2.38. The molecular formula is C13H16F3NO3S. The van der Waals surface area contributed by atoms with Gasteiger partial charge in [-0.2, -0.15) is 0 Å². The molecule has 2 rings (SSSR count). The lowest BCUT2D eigenvalue weighted by molar-refractivity contribution is 0.152. The molecular weight excluding hydrogens is 307 g/mol. The summed E-state index contributed by atoms with van der Waals surface area (Å²) in [6, 6.07) is 0.876. The van der Waals surface area contributed by atoms with Gasteiger partial charge in [0, 0.05) is 30.8 Å². The summed E-state index contributed by atoms with van der Waals surface area (Å²) in [5.41, 5.74) is -0.0633. The number of hydrogen-bond donors (Lipinski definition) is 1. The van der Waals surface area contributed by atoms with E-state index in [1.807, 2.05) is 0 Å². The van der Waals surface area contributed by atoms with Crippen molar-refractivity contribution in [2.24, 2.45) is 0 Å². The average Bonchev–Trinajstić information content (AvgIpc) is 2.75. The first-order chi connectivity index (χ1) is 9.82. The van der Waals surface area contributed by atoms with Gasteiger partial charge in [-0.05, 0) is 12.5 Å². The summed E-state index contributed by atoms with van der Waals surface area (Å²) < 4.78 is 62.7. The smallest absolute Gasteiger partial charge is 0.161 e. The minimum Gasteiger partial charge on any atom is -0.395 e. The molecule has 1 aliphatic heterocycles. The predicted octanol–water partition coefficient (Wildman–Crippen LogP) is 1.09. The third kappa shape index (κ3) is 3.96. The summed E-state index contributed by atoms with van der Waals surface area (Å²) in [6.45, 7) is -0.176. The molecule has 1 atom stereocenters. The summed E-state index contributed by atoms with van der Waals surface area (Å²) in [6.07, 6.45) is 0.383. The fraction of sp³-hybridized carbons (Fsp3) is 0.538. The van der Waals surface area contributed by atoms with Crippen LogP contribution in [-0.4, -0.2) is 49.1 Å². The third-order valence-electron chi connectivity index (χ3n) is 3.57. The molecule has 0 spiro atoms. The SMILES string of the molecule is O=S1(=O)CCC(N(CCO)Cc2cc(F)c(F)cc2F)C1. The van der Waals surface area contributed by atoms with Crippen LogP contribution in [0.5, 0.6) is 0 Å². The number of nitrogens with zero attached hydrogens (tertiary/aromatic N) is 1. The van der Waals surface area contributed by atoms with E-state index in [-0.39, 0.29) is 42.8 Å². The summed E-state index contributed by atoms with van der Waals surface area (Å²) in [5, 5.41) is 9.05. The first-order valence-corrected chi connectivity index (χ1v) is 8.33. The highest BCUT2D eigenvalue weighted by Crippen LogP contribution is 2.22. The van der Waals surface area contributed by atoms with Gasteiger partial charge in [0.05, 0.1) is 18.1 Å². The topological polar surface area (TPSA) is 57.6 Å². The van der Waals surface area contributed by atoms with Crippen LogP contribution in [0, 0.1) is 17.5 Å². The third-order valence-corrected chi connectivity index (χ3v) is 5.33. The zero-order valence-corrected chi connectivity index (χ0v) is 12.0. The van der Waals surface area contributed by atoms with Crippen LogP contribution in [0.2, 0.25) is 0 Å². The molecule has 0 amide bonds. The molecule has 1 aromatic carbocycles. The van der Waals surface area contributed by atoms with Crippen molar-refractivity contribution in [3.05, 3.63) is 35.1 Å². The molecule has 0 aromatic heterocycles. The molecule has 0 radical (unpaired) electrons. The Morgan fingerprint density at radius 1 is 1.19 bits per heavy atom. The minimum absolute atomic E-state index is 0.0415. The molecule has 4 nitrogen and oxygen atoms in total. The molecule has 0 bridgehead atoms. The van der Waals surface area contributed by atoms with Gasteiger partial charge < -0.3 is 5.11 Å². The van der Waals surface area contributed by atoms with Crippen molar-refractivity contribution in [1.82, 2.24) is 4.90 Å².